The largest absolute Gasteiger partial charge is 0.494 e. The van der Waals surface area contributed by atoms with E-state index in [9.17, 15) is 9.18 Å². The molecular formula is C15H13FO3. The highest BCUT2D eigenvalue weighted by molar-refractivity contribution is 5.90. The molecule has 0 aliphatic rings. The Balaban J connectivity index is 2.54. The summed E-state index contributed by atoms with van der Waals surface area (Å²) in [5, 5.41) is 8.99. The second kappa shape index (κ2) is 5.10. The van der Waals surface area contributed by atoms with Gasteiger partial charge < -0.3 is 9.84 Å². The van der Waals surface area contributed by atoms with Crippen molar-refractivity contribution in [3.05, 3.63) is 53.3 Å². The number of rotatable bonds is 3. The number of hydrogen-bond acceptors (Lipinski definition) is 2. The lowest BCUT2D eigenvalue weighted by atomic mass is 9.98. The number of carbonyl (C=O) groups is 1. The predicted octanol–water partition coefficient (Wildman–Crippen LogP) is 3.51. The molecule has 0 atom stereocenters. The van der Waals surface area contributed by atoms with E-state index < -0.39 is 11.8 Å². The van der Waals surface area contributed by atoms with Crippen molar-refractivity contribution >= 4 is 5.97 Å². The van der Waals surface area contributed by atoms with Gasteiger partial charge in [0.15, 0.2) is 11.6 Å². The monoisotopic (exact) mass is 260 g/mol. The van der Waals surface area contributed by atoms with Crippen LogP contribution in [0.3, 0.4) is 0 Å². The van der Waals surface area contributed by atoms with Crippen LogP contribution in [0.25, 0.3) is 11.1 Å². The normalized spacial score (nSPS) is 10.3. The molecule has 19 heavy (non-hydrogen) atoms. The van der Waals surface area contributed by atoms with Gasteiger partial charge in [-0.15, -0.1) is 0 Å². The van der Waals surface area contributed by atoms with Gasteiger partial charge in [-0.3, -0.25) is 0 Å². The van der Waals surface area contributed by atoms with Crippen LogP contribution in [-0.4, -0.2) is 18.2 Å². The maximum Gasteiger partial charge on any atom is 0.335 e. The third-order valence-corrected chi connectivity index (χ3v) is 2.95. The molecule has 0 aliphatic carbocycles. The van der Waals surface area contributed by atoms with E-state index in [1.807, 2.05) is 6.92 Å². The lowest BCUT2D eigenvalue weighted by Crippen LogP contribution is -1.97. The highest BCUT2D eigenvalue weighted by Gasteiger charge is 2.10. The summed E-state index contributed by atoms with van der Waals surface area (Å²) >= 11 is 0. The van der Waals surface area contributed by atoms with Crippen LogP contribution >= 0.6 is 0 Å². The SMILES string of the molecule is COc1ccc(-c2cc(C(=O)O)ccc2C)cc1F. The van der Waals surface area contributed by atoms with E-state index in [-0.39, 0.29) is 11.3 Å². The van der Waals surface area contributed by atoms with Crippen molar-refractivity contribution in [3.63, 3.8) is 0 Å². The molecule has 2 rings (SSSR count). The Labute approximate surface area is 110 Å². The molecule has 0 saturated heterocycles. The molecule has 0 spiro atoms. The molecule has 98 valence electrons. The van der Waals surface area contributed by atoms with Crippen LogP contribution in [0, 0.1) is 12.7 Å². The van der Waals surface area contributed by atoms with Gasteiger partial charge in [0.2, 0.25) is 0 Å². The highest BCUT2D eigenvalue weighted by atomic mass is 19.1. The van der Waals surface area contributed by atoms with E-state index in [0.717, 1.165) is 5.56 Å². The van der Waals surface area contributed by atoms with Crippen LogP contribution in [0.1, 0.15) is 15.9 Å². The van der Waals surface area contributed by atoms with E-state index >= 15 is 0 Å². The molecule has 0 saturated carbocycles. The van der Waals surface area contributed by atoms with Crippen LogP contribution in [0.5, 0.6) is 5.75 Å². The number of benzene rings is 2. The Morgan fingerprint density at radius 3 is 2.53 bits per heavy atom. The van der Waals surface area contributed by atoms with Crippen molar-refractivity contribution in [2.24, 2.45) is 0 Å². The fourth-order valence-corrected chi connectivity index (χ4v) is 1.90. The fraction of sp³-hybridized carbons (Fsp3) is 0.133. The van der Waals surface area contributed by atoms with Crippen molar-refractivity contribution in [1.29, 1.82) is 0 Å². The molecule has 0 amide bonds. The third kappa shape index (κ3) is 2.57. The molecule has 4 heteroatoms. The minimum absolute atomic E-state index is 0.163. The topological polar surface area (TPSA) is 46.5 Å². The van der Waals surface area contributed by atoms with Gasteiger partial charge in [-0.1, -0.05) is 12.1 Å². The van der Waals surface area contributed by atoms with E-state index in [0.29, 0.717) is 11.1 Å². The number of aromatic carboxylic acids is 1. The molecule has 0 heterocycles. The zero-order valence-corrected chi connectivity index (χ0v) is 10.6. The standard InChI is InChI=1S/C15H13FO3/c1-9-3-4-11(15(17)18)7-12(9)10-5-6-14(19-2)13(16)8-10/h3-8H,1-2H3,(H,17,18). The van der Waals surface area contributed by atoms with Crippen LogP contribution in [0.15, 0.2) is 36.4 Å². The van der Waals surface area contributed by atoms with E-state index in [4.69, 9.17) is 9.84 Å². The smallest absolute Gasteiger partial charge is 0.335 e. The van der Waals surface area contributed by atoms with Gasteiger partial charge in [-0.05, 0) is 47.9 Å². The molecule has 0 fully saturated rings. The number of aryl methyl sites for hydroxylation is 1. The minimum Gasteiger partial charge on any atom is -0.494 e. The summed E-state index contributed by atoms with van der Waals surface area (Å²) in [5.74, 6) is -1.31. The first-order valence-electron chi connectivity index (χ1n) is 5.71. The van der Waals surface area contributed by atoms with Crippen molar-refractivity contribution < 1.29 is 19.0 Å². The quantitative estimate of drug-likeness (QED) is 0.918. The summed E-state index contributed by atoms with van der Waals surface area (Å²) in [4.78, 5) is 11.0. The fourth-order valence-electron chi connectivity index (χ4n) is 1.90. The summed E-state index contributed by atoms with van der Waals surface area (Å²) < 4.78 is 18.5. The molecule has 2 aromatic rings. The number of methoxy groups -OCH3 is 1. The molecule has 0 unspecified atom stereocenters. The van der Waals surface area contributed by atoms with Crippen molar-refractivity contribution in [2.75, 3.05) is 7.11 Å². The third-order valence-electron chi connectivity index (χ3n) is 2.95. The number of hydrogen-bond donors (Lipinski definition) is 1. The molecule has 0 radical (unpaired) electrons. The number of halogens is 1. The average molecular weight is 260 g/mol. The zero-order valence-electron chi connectivity index (χ0n) is 10.6. The maximum atomic E-state index is 13.7. The number of ether oxygens (including phenoxy) is 1. The molecule has 0 aliphatic heterocycles. The Hall–Kier alpha value is -2.36. The van der Waals surface area contributed by atoms with Crippen molar-refractivity contribution in [3.8, 4) is 16.9 Å². The molecule has 2 aromatic carbocycles. The van der Waals surface area contributed by atoms with E-state index in [2.05, 4.69) is 0 Å². The summed E-state index contributed by atoms with van der Waals surface area (Å²) in [6.45, 7) is 1.85. The molecular weight excluding hydrogens is 247 g/mol. The first kappa shape index (κ1) is 13.1. The lowest BCUT2D eigenvalue weighted by Gasteiger charge is -2.09. The Morgan fingerprint density at radius 2 is 1.95 bits per heavy atom. The van der Waals surface area contributed by atoms with Gasteiger partial charge in [0.25, 0.3) is 0 Å². The van der Waals surface area contributed by atoms with Crippen LogP contribution < -0.4 is 4.74 Å². The predicted molar refractivity (Wildman–Crippen MR) is 70.1 cm³/mol. The zero-order chi connectivity index (χ0) is 14.0. The summed E-state index contributed by atoms with van der Waals surface area (Å²) in [5.41, 5.74) is 2.38. The summed E-state index contributed by atoms with van der Waals surface area (Å²) in [7, 11) is 1.40. The van der Waals surface area contributed by atoms with Crippen molar-refractivity contribution in [2.45, 2.75) is 6.92 Å². The highest BCUT2D eigenvalue weighted by Crippen LogP contribution is 2.28. The first-order valence-corrected chi connectivity index (χ1v) is 5.71. The molecule has 0 aromatic heterocycles. The van der Waals surface area contributed by atoms with E-state index in [1.165, 1.54) is 25.3 Å². The lowest BCUT2D eigenvalue weighted by molar-refractivity contribution is 0.0697. The number of carboxylic acid groups (broad SMARTS) is 1. The molecule has 1 N–H and O–H groups in total. The van der Waals surface area contributed by atoms with Gasteiger partial charge in [0, 0.05) is 0 Å². The van der Waals surface area contributed by atoms with Crippen LogP contribution in [0.2, 0.25) is 0 Å². The van der Waals surface area contributed by atoms with Gasteiger partial charge in [0.05, 0.1) is 12.7 Å². The van der Waals surface area contributed by atoms with E-state index in [1.54, 1.807) is 18.2 Å². The Morgan fingerprint density at radius 1 is 1.21 bits per heavy atom. The first-order chi connectivity index (χ1) is 9.02. The maximum absolute atomic E-state index is 13.7. The Kier molecular flexibility index (Phi) is 3.51. The van der Waals surface area contributed by atoms with Crippen LogP contribution in [-0.2, 0) is 0 Å². The summed E-state index contributed by atoms with van der Waals surface area (Å²) in [6.07, 6.45) is 0. The average Bonchev–Trinajstić information content (AvgIpc) is 2.38. The minimum atomic E-state index is -1.00. The Bertz CT molecular complexity index is 635. The van der Waals surface area contributed by atoms with Gasteiger partial charge in [-0.2, -0.15) is 0 Å². The second-order valence-corrected chi connectivity index (χ2v) is 4.18. The number of carboxylic acids is 1. The van der Waals surface area contributed by atoms with Crippen LogP contribution in [0.4, 0.5) is 4.39 Å². The molecule has 0 bridgehead atoms. The van der Waals surface area contributed by atoms with Gasteiger partial charge in [0.1, 0.15) is 0 Å². The van der Waals surface area contributed by atoms with Gasteiger partial charge in [-0.25, -0.2) is 9.18 Å². The second-order valence-electron chi connectivity index (χ2n) is 4.18. The summed E-state index contributed by atoms with van der Waals surface area (Å²) in [6, 6.07) is 9.35. The molecule has 3 nitrogen and oxygen atoms in total. The van der Waals surface area contributed by atoms with Gasteiger partial charge >= 0.3 is 5.97 Å². The van der Waals surface area contributed by atoms with Crippen molar-refractivity contribution in [1.82, 2.24) is 0 Å².